The first-order chi connectivity index (χ1) is 10.8. The standard InChI is InChI=1S/C18H25N3O/c1-21-11-9-16(17(21)15-8-5-10-19-12-15)13-20-18(22)14-6-3-2-4-7-14/h2-3,5,8,10,12,14,16-17H,4,6-7,9,11,13H2,1H3,(H,20,22)/t14-,16+,17+/m1/s1. The molecule has 1 amide bonds. The van der Waals surface area contributed by atoms with Gasteiger partial charge >= 0.3 is 0 Å². The molecule has 2 aliphatic rings. The summed E-state index contributed by atoms with van der Waals surface area (Å²) < 4.78 is 0. The minimum absolute atomic E-state index is 0.168. The predicted molar refractivity (Wildman–Crippen MR) is 87.2 cm³/mol. The molecule has 0 aromatic carbocycles. The first-order valence-electron chi connectivity index (χ1n) is 8.28. The number of pyridine rings is 1. The van der Waals surface area contributed by atoms with Gasteiger partial charge in [0.2, 0.25) is 5.91 Å². The van der Waals surface area contributed by atoms with E-state index in [9.17, 15) is 4.79 Å². The second kappa shape index (κ2) is 7.05. The molecule has 1 fully saturated rings. The molecule has 2 heterocycles. The van der Waals surface area contributed by atoms with Gasteiger partial charge in [0.05, 0.1) is 0 Å². The third kappa shape index (κ3) is 3.38. The minimum Gasteiger partial charge on any atom is -0.356 e. The van der Waals surface area contributed by atoms with Crippen LogP contribution in [-0.2, 0) is 4.79 Å². The summed E-state index contributed by atoms with van der Waals surface area (Å²) in [6.07, 6.45) is 12.1. The van der Waals surface area contributed by atoms with Crippen molar-refractivity contribution in [1.29, 1.82) is 0 Å². The Labute approximate surface area is 132 Å². The van der Waals surface area contributed by atoms with Crippen molar-refractivity contribution in [3.8, 4) is 0 Å². The lowest BCUT2D eigenvalue weighted by molar-refractivity contribution is -0.125. The summed E-state index contributed by atoms with van der Waals surface area (Å²) in [5.41, 5.74) is 1.25. The fourth-order valence-electron chi connectivity index (χ4n) is 3.73. The van der Waals surface area contributed by atoms with Crippen LogP contribution in [0.1, 0.15) is 37.3 Å². The van der Waals surface area contributed by atoms with Gasteiger partial charge in [0.1, 0.15) is 0 Å². The molecule has 22 heavy (non-hydrogen) atoms. The van der Waals surface area contributed by atoms with Crippen LogP contribution in [0.25, 0.3) is 0 Å². The number of hydrogen-bond donors (Lipinski definition) is 1. The number of carbonyl (C=O) groups is 1. The highest BCUT2D eigenvalue weighted by molar-refractivity contribution is 5.79. The summed E-state index contributed by atoms with van der Waals surface area (Å²) in [5, 5.41) is 3.19. The first-order valence-corrected chi connectivity index (χ1v) is 8.28. The monoisotopic (exact) mass is 299 g/mol. The largest absolute Gasteiger partial charge is 0.356 e. The Bertz CT molecular complexity index is 528. The molecule has 4 heteroatoms. The number of hydrogen-bond acceptors (Lipinski definition) is 3. The Kier molecular flexibility index (Phi) is 4.88. The molecule has 0 radical (unpaired) electrons. The van der Waals surface area contributed by atoms with Gasteiger partial charge in [-0.1, -0.05) is 18.2 Å². The fourth-order valence-corrected chi connectivity index (χ4v) is 3.73. The van der Waals surface area contributed by atoms with Crippen LogP contribution >= 0.6 is 0 Å². The topological polar surface area (TPSA) is 45.2 Å². The molecule has 118 valence electrons. The average Bonchev–Trinajstić information content (AvgIpc) is 2.95. The summed E-state index contributed by atoms with van der Waals surface area (Å²) in [5.74, 6) is 0.863. The van der Waals surface area contributed by atoms with E-state index in [1.807, 2.05) is 18.5 Å². The van der Waals surface area contributed by atoms with Gasteiger partial charge in [-0.25, -0.2) is 0 Å². The number of aromatic nitrogens is 1. The highest BCUT2D eigenvalue weighted by atomic mass is 16.1. The lowest BCUT2D eigenvalue weighted by Crippen LogP contribution is -2.36. The number of carbonyl (C=O) groups excluding carboxylic acids is 1. The smallest absolute Gasteiger partial charge is 0.223 e. The van der Waals surface area contributed by atoms with Gasteiger partial charge < -0.3 is 5.32 Å². The molecule has 1 aliphatic heterocycles. The quantitative estimate of drug-likeness (QED) is 0.869. The van der Waals surface area contributed by atoms with E-state index in [4.69, 9.17) is 0 Å². The molecule has 3 atom stereocenters. The van der Waals surface area contributed by atoms with Crippen LogP contribution in [0.4, 0.5) is 0 Å². The van der Waals surface area contributed by atoms with Crippen molar-refractivity contribution >= 4 is 5.91 Å². The minimum atomic E-state index is 0.168. The molecule has 1 saturated heterocycles. The van der Waals surface area contributed by atoms with Gasteiger partial charge in [0.15, 0.2) is 0 Å². The highest BCUT2D eigenvalue weighted by Crippen LogP contribution is 2.35. The second-order valence-corrected chi connectivity index (χ2v) is 6.49. The van der Waals surface area contributed by atoms with E-state index in [-0.39, 0.29) is 11.8 Å². The number of nitrogens with one attached hydrogen (secondary N) is 1. The molecule has 0 unspecified atom stereocenters. The van der Waals surface area contributed by atoms with Crippen molar-refractivity contribution in [2.45, 2.75) is 31.7 Å². The van der Waals surface area contributed by atoms with Crippen LogP contribution in [-0.4, -0.2) is 35.9 Å². The molecule has 0 bridgehead atoms. The molecule has 1 aromatic rings. The molecule has 1 aliphatic carbocycles. The maximum atomic E-state index is 12.3. The van der Waals surface area contributed by atoms with Gasteiger partial charge in [0, 0.05) is 30.9 Å². The van der Waals surface area contributed by atoms with Crippen LogP contribution in [0.15, 0.2) is 36.7 Å². The van der Waals surface area contributed by atoms with Crippen LogP contribution in [0.2, 0.25) is 0 Å². The Morgan fingerprint density at radius 3 is 3.05 bits per heavy atom. The average molecular weight is 299 g/mol. The number of rotatable bonds is 4. The lowest BCUT2D eigenvalue weighted by atomic mass is 9.92. The zero-order valence-corrected chi connectivity index (χ0v) is 13.2. The van der Waals surface area contributed by atoms with Crippen molar-refractivity contribution in [3.05, 3.63) is 42.2 Å². The number of nitrogens with zero attached hydrogens (tertiary/aromatic N) is 2. The Hall–Kier alpha value is -1.68. The van der Waals surface area contributed by atoms with Gasteiger partial charge in [-0.15, -0.1) is 0 Å². The third-order valence-corrected chi connectivity index (χ3v) is 4.98. The van der Waals surface area contributed by atoms with Crippen molar-refractivity contribution in [2.24, 2.45) is 11.8 Å². The van der Waals surface area contributed by atoms with Crippen LogP contribution in [0, 0.1) is 11.8 Å². The Morgan fingerprint density at radius 1 is 1.41 bits per heavy atom. The van der Waals surface area contributed by atoms with E-state index in [0.29, 0.717) is 12.0 Å². The predicted octanol–water partition coefficient (Wildman–Crippen LogP) is 2.55. The van der Waals surface area contributed by atoms with Gasteiger partial charge in [-0.3, -0.25) is 14.7 Å². The summed E-state index contributed by atoms with van der Waals surface area (Å²) >= 11 is 0. The van der Waals surface area contributed by atoms with Gasteiger partial charge in [0.25, 0.3) is 0 Å². The Morgan fingerprint density at radius 2 is 2.32 bits per heavy atom. The maximum Gasteiger partial charge on any atom is 0.223 e. The Balaban J connectivity index is 1.59. The van der Waals surface area contributed by atoms with E-state index >= 15 is 0 Å². The highest BCUT2D eigenvalue weighted by Gasteiger charge is 2.33. The normalized spacial score (nSPS) is 28.7. The van der Waals surface area contributed by atoms with Crippen molar-refractivity contribution < 1.29 is 4.79 Å². The van der Waals surface area contributed by atoms with E-state index in [1.165, 1.54) is 5.56 Å². The van der Waals surface area contributed by atoms with E-state index in [0.717, 1.165) is 38.8 Å². The van der Waals surface area contributed by atoms with Crippen molar-refractivity contribution in [1.82, 2.24) is 15.2 Å². The molecular weight excluding hydrogens is 274 g/mol. The second-order valence-electron chi connectivity index (χ2n) is 6.49. The van der Waals surface area contributed by atoms with E-state index < -0.39 is 0 Å². The molecule has 1 N–H and O–H groups in total. The summed E-state index contributed by atoms with van der Waals surface area (Å²) in [4.78, 5) is 18.9. The summed E-state index contributed by atoms with van der Waals surface area (Å²) in [6.45, 7) is 1.84. The molecular formula is C18H25N3O. The number of likely N-dealkylation sites (tertiary alicyclic amines) is 1. The molecule has 1 aromatic heterocycles. The molecule has 3 rings (SSSR count). The van der Waals surface area contributed by atoms with Crippen LogP contribution < -0.4 is 5.32 Å². The third-order valence-electron chi connectivity index (χ3n) is 4.98. The zero-order chi connectivity index (χ0) is 15.4. The molecule has 0 spiro atoms. The zero-order valence-electron chi connectivity index (χ0n) is 13.2. The molecule has 4 nitrogen and oxygen atoms in total. The van der Waals surface area contributed by atoms with Crippen LogP contribution in [0.5, 0.6) is 0 Å². The SMILES string of the molecule is CN1CC[C@@H](CNC(=O)[C@@H]2CC=CCC2)[C@@H]1c1cccnc1. The van der Waals surface area contributed by atoms with E-state index in [1.54, 1.807) is 0 Å². The van der Waals surface area contributed by atoms with Gasteiger partial charge in [-0.2, -0.15) is 0 Å². The van der Waals surface area contributed by atoms with E-state index in [2.05, 4.69) is 40.5 Å². The number of amides is 1. The van der Waals surface area contributed by atoms with Gasteiger partial charge in [-0.05, 0) is 56.8 Å². The van der Waals surface area contributed by atoms with Crippen molar-refractivity contribution in [2.75, 3.05) is 20.1 Å². The fraction of sp³-hybridized carbons (Fsp3) is 0.556. The van der Waals surface area contributed by atoms with Crippen LogP contribution in [0.3, 0.4) is 0 Å². The first kappa shape index (κ1) is 15.2. The molecule has 0 saturated carbocycles. The maximum absolute atomic E-state index is 12.3. The lowest BCUT2D eigenvalue weighted by Gasteiger charge is -2.26. The van der Waals surface area contributed by atoms with Crippen molar-refractivity contribution in [3.63, 3.8) is 0 Å². The summed E-state index contributed by atoms with van der Waals surface area (Å²) in [6, 6.07) is 4.49. The number of allylic oxidation sites excluding steroid dienone is 2. The summed E-state index contributed by atoms with van der Waals surface area (Å²) in [7, 11) is 2.16.